The Morgan fingerprint density at radius 2 is 1.84 bits per heavy atom. The molecule has 0 spiro atoms. The Kier molecular flexibility index (Phi) is 11.1. The number of nitrogens with two attached hydrogens (primary N) is 1. The minimum absolute atomic E-state index is 0.162. The highest BCUT2D eigenvalue weighted by molar-refractivity contribution is 6.42. The summed E-state index contributed by atoms with van der Waals surface area (Å²) in [5, 5.41) is 7.20. The molecule has 2 saturated heterocycles. The lowest BCUT2D eigenvalue weighted by Crippen LogP contribution is -2.21. The number of benzene rings is 2. The Morgan fingerprint density at radius 1 is 1.18 bits per heavy atom. The van der Waals surface area contributed by atoms with Crippen molar-refractivity contribution in [2.75, 3.05) is 39.1 Å². The van der Waals surface area contributed by atoms with Crippen LogP contribution in [-0.4, -0.2) is 48.0 Å². The Balaban J connectivity index is 0.000000180. The maximum absolute atomic E-state index is 14.1. The molecule has 3 heterocycles. The summed E-state index contributed by atoms with van der Waals surface area (Å²) in [5.41, 5.74) is 9.95. The number of rotatable bonds is 3. The number of likely N-dealkylation sites (tertiary alicyclic amines) is 1. The van der Waals surface area contributed by atoms with E-state index in [9.17, 15) is 4.39 Å². The maximum atomic E-state index is 14.1. The number of aromatic nitrogens is 2. The first-order chi connectivity index (χ1) is 18.0. The molecule has 2 fully saturated rings. The molecule has 206 valence electrons. The molecule has 0 saturated carbocycles. The van der Waals surface area contributed by atoms with Crippen LogP contribution < -0.4 is 5.73 Å². The Labute approximate surface area is 240 Å². The summed E-state index contributed by atoms with van der Waals surface area (Å²) in [6.45, 7) is 14.0. The number of hydrogen-bond donors (Lipinski definition) is 1. The van der Waals surface area contributed by atoms with Crippen molar-refractivity contribution in [3.8, 4) is 0 Å². The van der Waals surface area contributed by atoms with E-state index < -0.39 is 0 Å². The molecule has 5 rings (SSSR count). The minimum atomic E-state index is -0.199. The van der Waals surface area contributed by atoms with E-state index >= 15 is 0 Å². The molecule has 2 aromatic carbocycles. The van der Waals surface area contributed by atoms with Crippen LogP contribution in [0.2, 0.25) is 10.0 Å². The fourth-order valence-corrected chi connectivity index (χ4v) is 5.38. The third-order valence-corrected chi connectivity index (χ3v) is 7.86. The predicted molar refractivity (Wildman–Crippen MR) is 159 cm³/mol. The summed E-state index contributed by atoms with van der Waals surface area (Å²) in [7, 11) is 2.03. The molecule has 1 atom stereocenters. The van der Waals surface area contributed by atoms with E-state index in [-0.39, 0.29) is 11.7 Å². The first kappa shape index (κ1) is 30.5. The van der Waals surface area contributed by atoms with Gasteiger partial charge in [-0.1, -0.05) is 54.0 Å². The first-order valence-corrected chi connectivity index (χ1v) is 13.8. The van der Waals surface area contributed by atoms with Gasteiger partial charge in [0.25, 0.3) is 0 Å². The molecular weight excluding hydrogens is 546 g/mol. The Hall–Kier alpha value is -2.09. The normalized spacial score (nSPS) is 17.9. The number of hydrogen-bond acceptors (Lipinski definition) is 4. The zero-order valence-corrected chi connectivity index (χ0v) is 24.5. The van der Waals surface area contributed by atoms with Gasteiger partial charge in [0.05, 0.1) is 21.6 Å². The second-order valence-electron chi connectivity index (χ2n) is 9.77. The van der Waals surface area contributed by atoms with Gasteiger partial charge in [0, 0.05) is 53.0 Å². The van der Waals surface area contributed by atoms with Crippen molar-refractivity contribution in [1.29, 1.82) is 0 Å². The van der Waals surface area contributed by atoms with Gasteiger partial charge in [0.15, 0.2) is 0 Å². The third-order valence-electron chi connectivity index (χ3n) is 6.90. The maximum Gasteiger partial charge on any atom is 0.131 e. The smallest absolute Gasteiger partial charge is 0.131 e. The van der Waals surface area contributed by atoms with Crippen LogP contribution in [-0.2, 0) is 4.74 Å². The number of nitrogen functional groups attached to an aromatic ring is 1. The molecule has 9 heteroatoms. The molecule has 2 N–H and O–H groups in total. The lowest BCUT2D eigenvalue weighted by atomic mass is 9.96. The van der Waals surface area contributed by atoms with E-state index in [1.165, 1.54) is 17.2 Å². The molecule has 2 aliphatic heterocycles. The standard InChI is InChI=1S/C13H17N3O.C12H14Cl2FN.C4H5Cl/c1-9-12-3-2-10(14)8-13(12)15-16(9)11-4-6-17-7-5-11;1-7-5-9(13)11(14)10(12(7)15)8-3-4-16(2)6-8;1-3-4(2)5/h2-3,8,11H,4-7,14H2,1H3;5,8H,3-4,6H2,1-2H3;3H,1-2H2. The highest BCUT2D eigenvalue weighted by Gasteiger charge is 2.27. The van der Waals surface area contributed by atoms with E-state index in [2.05, 4.69) is 40.8 Å². The molecule has 1 unspecified atom stereocenters. The van der Waals surface area contributed by atoms with Crippen molar-refractivity contribution in [3.63, 3.8) is 0 Å². The van der Waals surface area contributed by atoms with Crippen molar-refractivity contribution < 1.29 is 9.13 Å². The molecule has 0 aliphatic carbocycles. The van der Waals surface area contributed by atoms with E-state index in [4.69, 9.17) is 45.3 Å². The molecule has 0 amide bonds. The highest BCUT2D eigenvalue weighted by Crippen LogP contribution is 2.38. The van der Waals surface area contributed by atoms with E-state index in [1.54, 1.807) is 13.0 Å². The van der Waals surface area contributed by atoms with Gasteiger partial charge < -0.3 is 15.4 Å². The van der Waals surface area contributed by atoms with E-state index in [0.717, 1.165) is 56.8 Å². The van der Waals surface area contributed by atoms with Crippen molar-refractivity contribution in [2.24, 2.45) is 0 Å². The number of halogens is 4. The topological polar surface area (TPSA) is 56.3 Å². The third kappa shape index (κ3) is 7.51. The SMILES string of the molecule is C=CC(=C)Cl.Cc1c2ccc(N)cc2nn1C1CCOCC1.Cc1cc(Cl)c(Cl)c(C2CCN(C)C2)c1F. The van der Waals surface area contributed by atoms with Crippen LogP contribution in [0.3, 0.4) is 0 Å². The minimum Gasteiger partial charge on any atom is -0.399 e. The van der Waals surface area contributed by atoms with Crippen LogP contribution in [0.25, 0.3) is 10.9 Å². The lowest BCUT2D eigenvalue weighted by Gasteiger charge is -2.23. The summed E-state index contributed by atoms with van der Waals surface area (Å²) in [6, 6.07) is 7.99. The van der Waals surface area contributed by atoms with Gasteiger partial charge >= 0.3 is 0 Å². The fourth-order valence-electron chi connectivity index (χ4n) is 4.82. The van der Waals surface area contributed by atoms with Gasteiger partial charge in [-0.3, -0.25) is 4.68 Å². The number of allylic oxidation sites excluding steroid dienone is 2. The quantitative estimate of drug-likeness (QED) is 0.193. The summed E-state index contributed by atoms with van der Waals surface area (Å²) in [6.07, 6.45) is 4.52. The Morgan fingerprint density at radius 3 is 2.42 bits per heavy atom. The number of fused-ring (bicyclic) bond motifs is 1. The van der Waals surface area contributed by atoms with E-state index in [0.29, 0.717) is 32.2 Å². The van der Waals surface area contributed by atoms with Crippen LogP contribution in [0.15, 0.2) is 48.5 Å². The van der Waals surface area contributed by atoms with Gasteiger partial charge in [-0.05, 0) is 76.5 Å². The second-order valence-corrected chi connectivity index (χ2v) is 11.0. The number of aryl methyl sites for hydroxylation is 2. The number of anilines is 1. The zero-order valence-electron chi connectivity index (χ0n) is 22.2. The molecule has 0 radical (unpaired) electrons. The average molecular weight is 582 g/mol. The van der Waals surface area contributed by atoms with Crippen LogP contribution in [0.5, 0.6) is 0 Å². The van der Waals surface area contributed by atoms with Gasteiger partial charge in [0.2, 0.25) is 0 Å². The highest BCUT2D eigenvalue weighted by atomic mass is 35.5. The van der Waals surface area contributed by atoms with Crippen molar-refractivity contribution in [3.05, 3.63) is 81.2 Å². The predicted octanol–water partition coefficient (Wildman–Crippen LogP) is 8.06. The zero-order chi connectivity index (χ0) is 28.0. The number of nitrogens with zero attached hydrogens (tertiary/aromatic N) is 3. The monoisotopic (exact) mass is 580 g/mol. The first-order valence-electron chi connectivity index (χ1n) is 12.6. The second kappa shape index (κ2) is 13.8. The summed E-state index contributed by atoms with van der Waals surface area (Å²) in [5.74, 6) is -0.0374. The summed E-state index contributed by atoms with van der Waals surface area (Å²) >= 11 is 17.3. The Bertz CT molecular complexity index is 1260. The van der Waals surface area contributed by atoms with Gasteiger partial charge in [-0.2, -0.15) is 5.10 Å². The molecule has 5 nitrogen and oxygen atoms in total. The molecule has 38 heavy (non-hydrogen) atoms. The molecule has 3 aromatic rings. The summed E-state index contributed by atoms with van der Waals surface area (Å²) < 4.78 is 21.6. The van der Waals surface area contributed by atoms with Crippen LogP contribution in [0, 0.1) is 19.7 Å². The van der Waals surface area contributed by atoms with Crippen LogP contribution >= 0.6 is 34.8 Å². The number of ether oxygens (including phenoxy) is 1. The lowest BCUT2D eigenvalue weighted by molar-refractivity contribution is 0.0659. The molecular formula is C29H36Cl3FN4O. The fraction of sp³-hybridized carbons (Fsp3) is 0.414. The summed E-state index contributed by atoms with van der Waals surface area (Å²) in [4.78, 5) is 2.18. The van der Waals surface area contributed by atoms with Crippen LogP contribution in [0.1, 0.15) is 48.0 Å². The van der Waals surface area contributed by atoms with Gasteiger partial charge in [-0.25, -0.2) is 4.39 Å². The van der Waals surface area contributed by atoms with Crippen molar-refractivity contribution in [1.82, 2.24) is 14.7 Å². The van der Waals surface area contributed by atoms with Crippen molar-refractivity contribution >= 4 is 51.4 Å². The number of likely N-dealkylation sites (N-methyl/N-ethyl adjacent to an activating group) is 1. The van der Waals surface area contributed by atoms with Crippen molar-refractivity contribution in [2.45, 2.75) is 45.1 Å². The van der Waals surface area contributed by atoms with Crippen LogP contribution in [0.4, 0.5) is 10.1 Å². The largest absolute Gasteiger partial charge is 0.399 e. The van der Waals surface area contributed by atoms with Gasteiger partial charge in [-0.15, -0.1) is 0 Å². The van der Waals surface area contributed by atoms with Gasteiger partial charge in [0.1, 0.15) is 5.82 Å². The molecule has 1 aromatic heterocycles. The molecule has 0 bridgehead atoms. The van der Waals surface area contributed by atoms with E-state index in [1.807, 2.05) is 19.2 Å². The average Bonchev–Trinajstić information content (AvgIpc) is 3.46. The molecule has 2 aliphatic rings.